The second kappa shape index (κ2) is 5.24. The predicted molar refractivity (Wildman–Crippen MR) is 83.5 cm³/mol. The van der Waals surface area contributed by atoms with Crippen molar-refractivity contribution in [2.75, 3.05) is 0 Å². The van der Waals surface area contributed by atoms with E-state index < -0.39 is 0 Å². The lowest BCUT2D eigenvalue weighted by molar-refractivity contribution is 0.122. The van der Waals surface area contributed by atoms with Gasteiger partial charge in [-0.15, -0.1) is 11.6 Å². The molecule has 3 rings (SSSR count). The molecule has 1 heteroatoms. The third kappa shape index (κ3) is 2.99. The first-order chi connectivity index (χ1) is 8.93. The molecule has 0 aromatic rings. The Morgan fingerprint density at radius 1 is 0.895 bits per heavy atom. The van der Waals surface area contributed by atoms with Crippen molar-refractivity contribution in [3.05, 3.63) is 0 Å². The Labute approximate surface area is 124 Å². The summed E-state index contributed by atoms with van der Waals surface area (Å²) in [4.78, 5) is 0. The normalized spacial score (nSPS) is 46.7. The van der Waals surface area contributed by atoms with Crippen LogP contribution in [-0.4, -0.2) is 5.38 Å². The van der Waals surface area contributed by atoms with Gasteiger partial charge in [0.25, 0.3) is 0 Å². The lowest BCUT2D eigenvalue weighted by Gasteiger charge is -2.41. The lowest BCUT2D eigenvalue weighted by atomic mass is 9.66. The fraction of sp³-hybridized carbons (Fsp3) is 1.00. The van der Waals surface area contributed by atoms with E-state index in [9.17, 15) is 0 Å². The van der Waals surface area contributed by atoms with Gasteiger partial charge in [0.2, 0.25) is 0 Å². The van der Waals surface area contributed by atoms with Crippen molar-refractivity contribution in [3.63, 3.8) is 0 Å². The molecule has 0 aliphatic heterocycles. The number of alkyl halides is 1. The first kappa shape index (κ1) is 14.2. The van der Waals surface area contributed by atoms with Crippen LogP contribution in [0, 0.1) is 35.0 Å². The average molecular weight is 283 g/mol. The van der Waals surface area contributed by atoms with Gasteiger partial charge in [0.15, 0.2) is 0 Å². The van der Waals surface area contributed by atoms with Crippen LogP contribution in [0.2, 0.25) is 0 Å². The molecule has 6 unspecified atom stereocenters. The second-order valence-electron chi connectivity index (χ2n) is 8.82. The van der Waals surface area contributed by atoms with Crippen molar-refractivity contribution < 1.29 is 0 Å². The van der Waals surface area contributed by atoms with Crippen molar-refractivity contribution in [2.24, 2.45) is 35.0 Å². The van der Waals surface area contributed by atoms with Crippen LogP contribution in [0.15, 0.2) is 0 Å². The van der Waals surface area contributed by atoms with Crippen molar-refractivity contribution in [2.45, 2.75) is 77.5 Å². The minimum absolute atomic E-state index is 0.470. The molecule has 2 bridgehead atoms. The molecule has 6 atom stereocenters. The molecule has 0 N–H and O–H groups in total. The molecule has 0 nitrogen and oxygen atoms in total. The summed E-state index contributed by atoms with van der Waals surface area (Å²) in [6.45, 7) is 7.25. The second-order valence-corrected chi connectivity index (χ2v) is 9.38. The predicted octanol–water partition coefficient (Wildman–Crippen LogP) is 5.88. The molecular formula is C18H31Cl. The number of fused-ring (bicyclic) bond motifs is 2. The quantitative estimate of drug-likeness (QED) is 0.555. The van der Waals surface area contributed by atoms with Gasteiger partial charge in [-0.3, -0.25) is 0 Å². The smallest absolute Gasteiger partial charge is 0.0364 e. The summed E-state index contributed by atoms with van der Waals surface area (Å²) >= 11 is 6.68. The zero-order chi connectivity index (χ0) is 13.6. The van der Waals surface area contributed by atoms with E-state index >= 15 is 0 Å². The first-order valence-electron chi connectivity index (χ1n) is 8.57. The van der Waals surface area contributed by atoms with Crippen LogP contribution in [0.25, 0.3) is 0 Å². The molecular weight excluding hydrogens is 252 g/mol. The van der Waals surface area contributed by atoms with E-state index in [1.54, 1.807) is 6.42 Å². The largest absolute Gasteiger partial charge is 0.123 e. The molecule has 0 heterocycles. The van der Waals surface area contributed by atoms with E-state index in [1.807, 2.05) is 0 Å². The van der Waals surface area contributed by atoms with Gasteiger partial charge in [-0.1, -0.05) is 27.2 Å². The maximum Gasteiger partial charge on any atom is 0.0364 e. The Kier molecular flexibility index (Phi) is 3.93. The minimum atomic E-state index is 0.470. The Balaban J connectivity index is 1.59. The van der Waals surface area contributed by atoms with Gasteiger partial charge < -0.3 is 0 Å². The van der Waals surface area contributed by atoms with Crippen LogP contribution >= 0.6 is 11.6 Å². The molecule has 3 fully saturated rings. The maximum absolute atomic E-state index is 6.68. The van der Waals surface area contributed by atoms with Crippen molar-refractivity contribution in [1.82, 2.24) is 0 Å². The minimum Gasteiger partial charge on any atom is -0.123 e. The zero-order valence-corrected chi connectivity index (χ0v) is 13.8. The van der Waals surface area contributed by atoms with E-state index in [-0.39, 0.29) is 0 Å². The Morgan fingerprint density at radius 2 is 1.68 bits per heavy atom. The summed E-state index contributed by atoms with van der Waals surface area (Å²) in [5.41, 5.74) is 0.476. The van der Waals surface area contributed by atoms with Crippen LogP contribution < -0.4 is 0 Å². The Bertz CT molecular complexity index is 316. The summed E-state index contributed by atoms with van der Waals surface area (Å²) < 4.78 is 0. The van der Waals surface area contributed by atoms with E-state index in [0.717, 1.165) is 29.6 Å². The molecule has 110 valence electrons. The molecule has 19 heavy (non-hydrogen) atoms. The van der Waals surface area contributed by atoms with E-state index in [1.165, 1.54) is 44.9 Å². The van der Waals surface area contributed by atoms with Gasteiger partial charge in [-0.05, 0) is 80.0 Å². The van der Waals surface area contributed by atoms with Gasteiger partial charge in [-0.2, -0.15) is 0 Å². The van der Waals surface area contributed by atoms with Crippen LogP contribution in [0.3, 0.4) is 0 Å². The van der Waals surface area contributed by atoms with Gasteiger partial charge in [0.1, 0.15) is 0 Å². The van der Waals surface area contributed by atoms with E-state index in [0.29, 0.717) is 10.8 Å². The molecule has 0 aromatic carbocycles. The standard InChI is InChI=1S/C18H31Cl/c1-18(2,3)16-6-7-17(19)15(11-16)10-14-9-12-4-5-13(14)8-12/h12-17H,4-11H2,1-3H3. The van der Waals surface area contributed by atoms with Gasteiger partial charge in [-0.25, -0.2) is 0 Å². The fourth-order valence-electron chi connectivity index (χ4n) is 5.31. The van der Waals surface area contributed by atoms with Crippen molar-refractivity contribution in [3.8, 4) is 0 Å². The highest BCUT2D eigenvalue weighted by atomic mass is 35.5. The van der Waals surface area contributed by atoms with E-state index in [2.05, 4.69) is 20.8 Å². The van der Waals surface area contributed by atoms with Crippen LogP contribution in [0.5, 0.6) is 0 Å². The van der Waals surface area contributed by atoms with Crippen molar-refractivity contribution >= 4 is 11.6 Å². The molecule has 3 saturated carbocycles. The molecule has 0 amide bonds. The third-order valence-electron chi connectivity index (χ3n) is 6.60. The molecule has 0 spiro atoms. The van der Waals surface area contributed by atoms with Crippen LogP contribution in [-0.2, 0) is 0 Å². The van der Waals surface area contributed by atoms with Gasteiger partial charge in [0.05, 0.1) is 0 Å². The number of hydrogen-bond acceptors (Lipinski definition) is 0. The van der Waals surface area contributed by atoms with Crippen LogP contribution in [0.4, 0.5) is 0 Å². The monoisotopic (exact) mass is 282 g/mol. The SMILES string of the molecule is CC(C)(C)C1CCC(Cl)C(CC2CC3CCC2C3)C1. The third-order valence-corrected chi connectivity index (χ3v) is 7.18. The van der Waals surface area contributed by atoms with Crippen molar-refractivity contribution in [1.29, 1.82) is 0 Å². The number of halogens is 1. The highest BCUT2D eigenvalue weighted by Gasteiger charge is 2.42. The maximum atomic E-state index is 6.68. The molecule has 3 aliphatic rings. The topological polar surface area (TPSA) is 0 Å². The van der Waals surface area contributed by atoms with Crippen LogP contribution in [0.1, 0.15) is 72.1 Å². The highest BCUT2D eigenvalue weighted by molar-refractivity contribution is 6.20. The summed E-state index contributed by atoms with van der Waals surface area (Å²) in [5, 5.41) is 0.470. The molecule has 0 saturated heterocycles. The Hall–Kier alpha value is 0.290. The number of rotatable bonds is 2. The first-order valence-corrected chi connectivity index (χ1v) is 9.01. The summed E-state index contributed by atoms with van der Waals surface area (Å²) in [6.07, 6.45) is 11.6. The highest BCUT2D eigenvalue weighted by Crippen LogP contribution is 2.53. The number of hydrogen-bond donors (Lipinski definition) is 0. The lowest BCUT2D eigenvalue weighted by Crippen LogP contribution is -2.34. The average Bonchev–Trinajstić information content (AvgIpc) is 2.92. The summed E-state index contributed by atoms with van der Waals surface area (Å²) in [6, 6.07) is 0. The van der Waals surface area contributed by atoms with Gasteiger partial charge >= 0.3 is 0 Å². The molecule has 0 radical (unpaired) electrons. The van der Waals surface area contributed by atoms with Gasteiger partial charge in [0, 0.05) is 5.38 Å². The Morgan fingerprint density at radius 3 is 2.26 bits per heavy atom. The zero-order valence-electron chi connectivity index (χ0n) is 13.0. The summed E-state index contributed by atoms with van der Waals surface area (Å²) in [7, 11) is 0. The molecule has 0 aromatic heterocycles. The fourth-order valence-corrected chi connectivity index (χ4v) is 5.64. The van der Waals surface area contributed by atoms with E-state index in [4.69, 9.17) is 11.6 Å². The molecule has 3 aliphatic carbocycles. The summed E-state index contributed by atoms with van der Waals surface area (Å²) in [5.74, 6) is 4.90.